The van der Waals surface area contributed by atoms with Crippen LogP contribution in [-0.2, 0) is 25.9 Å². The first-order chi connectivity index (χ1) is 15.1. The molecule has 0 spiro atoms. The first-order valence-corrected chi connectivity index (χ1v) is 11.2. The van der Waals surface area contributed by atoms with E-state index in [2.05, 4.69) is 30.2 Å². The zero-order valence-electron chi connectivity index (χ0n) is 18.3. The molecule has 0 aromatic carbocycles. The van der Waals surface area contributed by atoms with E-state index in [4.69, 9.17) is 0 Å². The predicted molar refractivity (Wildman–Crippen MR) is 117 cm³/mol. The summed E-state index contributed by atoms with van der Waals surface area (Å²) >= 11 is 0. The van der Waals surface area contributed by atoms with Crippen LogP contribution in [0.3, 0.4) is 0 Å². The molecule has 1 aliphatic carbocycles. The van der Waals surface area contributed by atoms with Gasteiger partial charge in [0.05, 0.1) is 17.9 Å². The van der Waals surface area contributed by atoms with Gasteiger partial charge in [0.1, 0.15) is 0 Å². The van der Waals surface area contributed by atoms with Crippen LogP contribution in [0, 0.1) is 13.8 Å². The fraction of sp³-hybridized carbons (Fsp3) is 0.545. The number of aromatic amines is 1. The van der Waals surface area contributed by atoms with Crippen molar-refractivity contribution in [3.05, 3.63) is 56.9 Å². The smallest absolute Gasteiger partial charge is 0.266 e. The molecule has 0 unspecified atom stereocenters. The molecule has 0 amide bonds. The first kappa shape index (κ1) is 20.1. The van der Waals surface area contributed by atoms with Gasteiger partial charge in [0, 0.05) is 56.7 Å². The van der Waals surface area contributed by atoms with Crippen LogP contribution < -0.4 is 5.56 Å². The number of hydrogen-bond acceptors (Lipinski definition) is 6. The zero-order valence-corrected chi connectivity index (χ0v) is 18.3. The molecule has 4 heterocycles. The Morgan fingerprint density at radius 3 is 2.58 bits per heavy atom. The SMILES string of the molecule is Cc1cc(C)n(-c2ccc(=O)n(CCN3CCN(Cc4n[nH]c5c4CCC5)CC3)n2)n1. The first-order valence-electron chi connectivity index (χ1n) is 11.2. The third-order valence-electron chi connectivity index (χ3n) is 6.44. The highest BCUT2D eigenvalue weighted by Crippen LogP contribution is 2.24. The van der Waals surface area contributed by atoms with E-state index in [9.17, 15) is 4.79 Å². The van der Waals surface area contributed by atoms with Crippen molar-refractivity contribution in [1.29, 1.82) is 0 Å². The Labute approximate surface area is 181 Å². The molecule has 2 aliphatic rings. The van der Waals surface area contributed by atoms with Crippen LogP contribution in [0.4, 0.5) is 0 Å². The second kappa shape index (κ2) is 8.39. The zero-order chi connectivity index (χ0) is 21.4. The minimum Gasteiger partial charge on any atom is -0.299 e. The molecule has 0 bridgehead atoms. The molecule has 3 aromatic heterocycles. The van der Waals surface area contributed by atoms with Crippen LogP contribution in [0.5, 0.6) is 0 Å². The van der Waals surface area contributed by atoms with E-state index in [0.717, 1.165) is 57.1 Å². The van der Waals surface area contributed by atoms with Gasteiger partial charge in [0.2, 0.25) is 0 Å². The third kappa shape index (κ3) is 4.20. The quantitative estimate of drug-likeness (QED) is 0.640. The average molecular weight is 423 g/mol. The molecule has 9 nitrogen and oxygen atoms in total. The van der Waals surface area contributed by atoms with Crippen LogP contribution in [0.2, 0.25) is 0 Å². The van der Waals surface area contributed by atoms with Crippen LogP contribution in [0.25, 0.3) is 5.82 Å². The van der Waals surface area contributed by atoms with E-state index in [0.29, 0.717) is 12.4 Å². The Hall–Kier alpha value is -2.78. The highest BCUT2D eigenvalue weighted by molar-refractivity contribution is 5.29. The fourth-order valence-electron chi connectivity index (χ4n) is 4.71. The average Bonchev–Trinajstić information content (AvgIpc) is 3.46. The van der Waals surface area contributed by atoms with Crippen LogP contribution in [0.15, 0.2) is 23.0 Å². The van der Waals surface area contributed by atoms with Gasteiger partial charge in [-0.05, 0) is 50.8 Å². The van der Waals surface area contributed by atoms with Gasteiger partial charge < -0.3 is 0 Å². The molecular weight excluding hydrogens is 392 g/mol. The number of aryl methyl sites for hydroxylation is 3. The molecule has 0 atom stereocenters. The van der Waals surface area contributed by atoms with Crippen molar-refractivity contribution < 1.29 is 0 Å². The number of aromatic nitrogens is 6. The molecule has 1 fully saturated rings. The molecule has 164 valence electrons. The normalized spacial score (nSPS) is 17.4. The minimum atomic E-state index is -0.0729. The van der Waals surface area contributed by atoms with E-state index in [1.54, 1.807) is 21.5 Å². The monoisotopic (exact) mass is 422 g/mol. The van der Waals surface area contributed by atoms with Crippen molar-refractivity contribution in [3.63, 3.8) is 0 Å². The lowest BCUT2D eigenvalue weighted by Gasteiger charge is -2.34. The van der Waals surface area contributed by atoms with Gasteiger partial charge in [0.25, 0.3) is 5.56 Å². The summed E-state index contributed by atoms with van der Waals surface area (Å²) < 4.78 is 3.35. The summed E-state index contributed by atoms with van der Waals surface area (Å²) in [6.07, 6.45) is 3.56. The number of rotatable bonds is 6. The number of piperazine rings is 1. The lowest BCUT2D eigenvalue weighted by Crippen LogP contribution is -2.47. The Morgan fingerprint density at radius 1 is 1.00 bits per heavy atom. The highest BCUT2D eigenvalue weighted by atomic mass is 16.1. The molecular formula is C22H30N8O. The summed E-state index contributed by atoms with van der Waals surface area (Å²) in [6.45, 7) is 10.3. The van der Waals surface area contributed by atoms with Gasteiger partial charge in [0.15, 0.2) is 5.82 Å². The second-order valence-electron chi connectivity index (χ2n) is 8.69. The molecule has 31 heavy (non-hydrogen) atoms. The predicted octanol–water partition coefficient (Wildman–Crippen LogP) is 1.08. The Morgan fingerprint density at radius 2 is 1.81 bits per heavy atom. The standard InChI is InChI=1S/C22H30N8O/c1-16-14-17(2)30(25-16)21-6-7-22(31)29(26-21)13-12-27-8-10-28(11-9-27)15-20-18-4-3-5-19(18)23-24-20/h6-7,14H,3-5,8-13,15H2,1-2H3,(H,23,24). The lowest BCUT2D eigenvalue weighted by molar-refractivity contribution is 0.121. The highest BCUT2D eigenvalue weighted by Gasteiger charge is 2.22. The summed E-state index contributed by atoms with van der Waals surface area (Å²) in [7, 11) is 0. The van der Waals surface area contributed by atoms with Gasteiger partial charge in [-0.3, -0.25) is 19.7 Å². The molecule has 5 rings (SSSR count). The number of nitrogens with one attached hydrogen (secondary N) is 1. The Kier molecular flexibility index (Phi) is 5.45. The maximum absolute atomic E-state index is 12.3. The number of hydrogen-bond donors (Lipinski definition) is 1. The molecule has 1 N–H and O–H groups in total. The summed E-state index contributed by atoms with van der Waals surface area (Å²) in [6, 6.07) is 5.33. The molecule has 0 radical (unpaired) electrons. The van der Waals surface area contributed by atoms with Crippen molar-refractivity contribution >= 4 is 0 Å². The van der Waals surface area contributed by atoms with Gasteiger partial charge in [-0.25, -0.2) is 9.36 Å². The van der Waals surface area contributed by atoms with E-state index < -0.39 is 0 Å². The van der Waals surface area contributed by atoms with Gasteiger partial charge in [-0.15, -0.1) is 5.10 Å². The molecule has 3 aromatic rings. The number of fused-ring (bicyclic) bond motifs is 1. The minimum absolute atomic E-state index is 0.0729. The van der Waals surface area contributed by atoms with Crippen molar-refractivity contribution in [3.8, 4) is 5.82 Å². The van der Waals surface area contributed by atoms with E-state index in [-0.39, 0.29) is 5.56 Å². The molecule has 1 saturated heterocycles. The third-order valence-corrected chi connectivity index (χ3v) is 6.44. The van der Waals surface area contributed by atoms with Gasteiger partial charge >= 0.3 is 0 Å². The fourth-order valence-corrected chi connectivity index (χ4v) is 4.71. The number of nitrogens with zero attached hydrogens (tertiary/aromatic N) is 7. The molecule has 0 saturated carbocycles. The maximum Gasteiger partial charge on any atom is 0.266 e. The van der Waals surface area contributed by atoms with Crippen molar-refractivity contribution in [2.75, 3.05) is 32.7 Å². The largest absolute Gasteiger partial charge is 0.299 e. The Balaban J connectivity index is 1.16. The topological polar surface area (TPSA) is 87.9 Å². The van der Waals surface area contributed by atoms with Crippen LogP contribution >= 0.6 is 0 Å². The molecule has 1 aliphatic heterocycles. The summed E-state index contributed by atoms with van der Waals surface area (Å²) in [5, 5.41) is 16.8. The maximum atomic E-state index is 12.3. The Bertz CT molecular complexity index is 1120. The van der Waals surface area contributed by atoms with Crippen molar-refractivity contribution in [2.45, 2.75) is 46.2 Å². The van der Waals surface area contributed by atoms with E-state index in [1.165, 1.54) is 29.8 Å². The summed E-state index contributed by atoms with van der Waals surface area (Å²) in [4.78, 5) is 17.2. The molecule has 9 heteroatoms. The van der Waals surface area contributed by atoms with E-state index >= 15 is 0 Å². The van der Waals surface area contributed by atoms with Gasteiger partial charge in [-0.2, -0.15) is 10.2 Å². The second-order valence-corrected chi connectivity index (χ2v) is 8.69. The van der Waals surface area contributed by atoms with E-state index in [1.807, 2.05) is 19.9 Å². The van der Waals surface area contributed by atoms with Crippen LogP contribution in [0.1, 0.15) is 34.8 Å². The lowest BCUT2D eigenvalue weighted by atomic mass is 10.2. The van der Waals surface area contributed by atoms with Crippen molar-refractivity contribution in [2.24, 2.45) is 0 Å². The summed E-state index contributed by atoms with van der Waals surface area (Å²) in [5.74, 6) is 0.682. The summed E-state index contributed by atoms with van der Waals surface area (Å²) in [5.41, 5.74) is 5.90. The number of H-pyrrole nitrogens is 1. The van der Waals surface area contributed by atoms with Crippen LogP contribution in [-0.4, -0.2) is 72.3 Å². The van der Waals surface area contributed by atoms with Crippen molar-refractivity contribution in [1.82, 2.24) is 39.6 Å². The van der Waals surface area contributed by atoms with Gasteiger partial charge in [-0.1, -0.05) is 0 Å².